The summed E-state index contributed by atoms with van der Waals surface area (Å²) in [5, 5.41) is 0. The van der Waals surface area contributed by atoms with Crippen molar-refractivity contribution in [2.75, 3.05) is 0 Å². The fourth-order valence-corrected chi connectivity index (χ4v) is 1.06. The van der Waals surface area contributed by atoms with Gasteiger partial charge < -0.3 is 5.73 Å². The first-order chi connectivity index (χ1) is 6.25. The van der Waals surface area contributed by atoms with Crippen LogP contribution < -0.4 is 5.73 Å². The Balaban J connectivity index is 3.16. The minimum atomic E-state index is -3.24. The molecule has 78 valence electrons. The first-order valence-corrected chi connectivity index (χ1v) is 4.18. The number of halogens is 3. The molecule has 14 heavy (non-hydrogen) atoms. The summed E-state index contributed by atoms with van der Waals surface area (Å²) in [5.41, 5.74) is 3.22. The molecule has 0 aliphatic carbocycles. The van der Waals surface area contributed by atoms with Crippen LogP contribution in [0.3, 0.4) is 0 Å². The van der Waals surface area contributed by atoms with Gasteiger partial charge in [0.05, 0.1) is 5.54 Å². The van der Waals surface area contributed by atoms with Gasteiger partial charge in [-0.25, -0.2) is 4.39 Å². The summed E-state index contributed by atoms with van der Waals surface area (Å²) in [6.07, 6.45) is 0. The zero-order chi connectivity index (χ0) is 11.0. The van der Waals surface area contributed by atoms with E-state index in [0.29, 0.717) is 0 Å². The van der Waals surface area contributed by atoms with Gasteiger partial charge in [0, 0.05) is 5.56 Å². The van der Waals surface area contributed by atoms with Gasteiger partial charge in [-0.15, -0.1) is 0 Å². The van der Waals surface area contributed by atoms with E-state index in [1.54, 1.807) is 0 Å². The van der Waals surface area contributed by atoms with E-state index >= 15 is 0 Å². The molecule has 0 bridgehead atoms. The molecule has 1 nitrogen and oxygen atoms in total. The Bertz CT molecular complexity index is 328. The molecular weight excluding hydrogens is 191 g/mol. The molecule has 1 aromatic rings. The van der Waals surface area contributed by atoms with Crippen LogP contribution in [-0.4, -0.2) is 5.54 Å². The molecule has 0 radical (unpaired) electrons. The van der Waals surface area contributed by atoms with E-state index in [9.17, 15) is 13.2 Å². The van der Waals surface area contributed by atoms with Gasteiger partial charge in [-0.1, -0.05) is 12.1 Å². The average Bonchev–Trinajstić information content (AvgIpc) is 2.02. The highest BCUT2D eigenvalue weighted by molar-refractivity contribution is 5.24. The second-order valence-electron chi connectivity index (χ2n) is 3.81. The number of alkyl halides is 2. The largest absolute Gasteiger partial charge is 0.320 e. The molecule has 0 fully saturated rings. The average molecular weight is 203 g/mol. The minimum absolute atomic E-state index is 0.398. The van der Waals surface area contributed by atoms with Crippen LogP contribution in [0.15, 0.2) is 24.3 Å². The number of nitrogens with two attached hydrogens (primary N) is 1. The SMILES string of the molecule is CC(C)(N)C(F)(F)c1cccc(F)c1. The molecule has 0 aliphatic rings. The molecule has 2 N–H and O–H groups in total. The summed E-state index contributed by atoms with van der Waals surface area (Å²) in [6.45, 7) is 2.41. The summed E-state index contributed by atoms with van der Waals surface area (Å²) >= 11 is 0. The Labute approximate surface area is 80.7 Å². The van der Waals surface area contributed by atoms with Crippen molar-refractivity contribution in [3.8, 4) is 0 Å². The van der Waals surface area contributed by atoms with Crippen LogP contribution in [-0.2, 0) is 5.92 Å². The van der Waals surface area contributed by atoms with E-state index in [1.807, 2.05) is 0 Å². The van der Waals surface area contributed by atoms with Crippen molar-refractivity contribution in [1.29, 1.82) is 0 Å². The van der Waals surface area contributed by atoms with E-state index in [0.717, 1.165) is 18.2 Å². The number of benzene rings is 1. The molecule has 0 saturated carbocycles. The van der Waals surface area contributed by atoms with Gasteiger partial charge in [0.25, 0.3) is 5.92 Å². The summed E-state index contributed by atoms with van der Waals surface area (Å²) in [5.74, 6) is -3.93. The third-order valence-corrected chi connectivity index (χ3v) is 2.00. The van der Waals surface area contributed by atoms with Crippen molar-refractivity contribution < 1.29 is 13.2 Å². The van der Waals surface area contributed by atoms with E-state index in [4.69, 9.17) is 5.73 Å². The topological polar surface area (TPSA) is 26.0 Å². The fourth-order valence-electron chi connectivity index (χ4n) is 1.06. The van der Waals surface area contributed by atoms with Crippen molar-refractivity contribution in [2.24, 2.45) is 5.73 Å². The Morgan fingerprint density at radius 2 is 1.79 bits per heavy atom. The zero-order valence-corrected chi connectivity index (χ0v) is 8.02. The van der Waals surface area contributed by atoms with E-state index < -0.39 is 22.8 Å². The van der Waals surface area contributed by atoms with Gasteiger partial charge >= 0.3 is 0 Å². The van der Waals surface area contributed by atoms with Gasteiger partial charge in [-0.3, -0.25) is 0 Å². The van der Waals surface area contributed by atoms with Gasteiger partial charge in [-0.05, 0) is 26.0 Å². The Morgan fingerprint density at radius 1 is 1.21 bits per heavy atom. The quantitative estimate of drug-likeness (QED) is 0.785. The van der Waals surface area contributed by atoms with Crippen LogP contribution in [0, 0.1) is 5.82 Å². The lowest BCUT2D eigenvalue weighted by molar-refractivity contribution is -0.0674. The Hall–Kier alpha value is -1.03. The van der Waals surface area contributed by atoms with Crippen LogP contribution in [0.25, 0.3) is 0 Å². The predicted octanol–water partition coefficient (Wildman–Crippen LogP) is 2.65. The van der Waals surface area contributed by atoms with Gasteiger partial charge in [0.2, 0.25) is 0 Å². The van der Waals surface area contributed by atoms with Crippen LogP contribution in [0.4, 0.5) is 13.2 Å². The molecule has 0 spiro atoms. The normalized spacial score (nSPS) is 13.0. The number of hydrogen-bond donors (Lipinski definition) is 1. The number of hydrogen-bond acceptors (Lipinski definition) is 1. The van der Waals surface area contributed by atoms with Crippen LogP contribution in [0.2, 0.25) is 0 Å². The maximum atomic E-state index is 13.6. The lowest BCUT2D eigenvalue weighted by Gasteiger charge is -2.30. The summed E-state index contributed by atoms with van der Waals surface area (Å²) in [7, 11) is 0. The zero-order valence-electron chi connectivity index (χ0n) is 8.02. The lowest BCUT2D eigenvalue weighted by Crippen LogP contribution is -2.48. The fraction of sp³-hybridized carbons (Fsp3) is 0.400. The third kappa shape index (κ3) is 1.90. The molecule has 0 atom stereocenters. The first kappa shape index (κ1) is 11.0. The summed E-state index contributed by atoms with van der Waals surface area (Å²) in [6, 6.07) is 4.32. The van der Waals surface area contributed by atoms with Crippen molar-refractivity contribution in [3.05, 3.63) is 35.6 Å². The summed E-state index contributed by atoms with van der Waals surface area (Å²) < 4.78 is 39.8. The van der Waals surface area contributed by atoms with Gasteiger partial charge in [0.15, 0.2) is 0 Å². The van der Waals surface area contributed by atoms with Crippen molar-refractivity contribution in [1.82, 2.24) is 0 Å². The second kappa shape index (κ2) is 3.28. The third-order valence-electron chi connectivity index (χ3n) is 2.00. The molecule has 0 heterocycles. The van der Waals surface area contributed by atoms with E-state index in [2.05, 4.69) is 0 Å². The maximum absolute atomic E-state index is 13.6. The van der Waals surface area contributed by atoms with Crippen LogP contribution >= 0.6 is 0 Å². The summed E-state index contributed by atoms with van der Waals surface area (Å²) in [4.78, 5) is 0. The highest BCUT2D eigenvalue weighted by Gasteiger charge is 2.45. The molecule has 0 aliphatic heterocycles. The van der Waals surface area contributed by atoms with Crippen molar-refractivity contribution in [2.45, 2.75) is 25.3 Å². The monoisotopic (exact) mass is 203 g/mol. The molecule has 0 unspecified atom stereocenters. The molecular formula is C10H12F3N. The predicted molar refractivity (Wildman–Crippen MR) is 48.6 cm³/mol. The standard InChI is InChI=1S/C10H12F3N/c1-9(2,14)10(12,13)7-4-3-5-8(11)6-7/h3-6H,14H2,1-2H3. The highest BCUT2D eigenvalue weighted by atomic mass is 19.3. The minimum Gasteiger partial charge on any atom is -0.320 e. The first-order valence-electron chi connectivity index (χ1n) is 4.18. The molecule has 0 amide bonds. The smallest absolute Gasteiger partial charge is 0.290 e. The van der Waals surface area contributed by atoms with Gasteiger partial charge in [0.1, 0.15) is 5.82 Å². The van der Waals surface area contributed by atoms with E-state index in [-0.39, 0.29) is 0 Å². The molecule has 1 aromatic carbocycles. The molecule has 4 heteroatoms. The van der Waals surface area contributed by atoms with E-state index in [1.165, 1.54) is 19.9 Å². The van der Waals surface area contributed by atoms with Gasteiger partial charge in [-0.2, -0.15) is 8.78 Å². The van der Waals surface area contributed by atoms with Crippen LogP contribution in [0.1, 0.15) is 19.4 Å². The molecule has 1 rings (SSSR count). The number of rotatable bonds is 2. The maximum Gasteiger partial charge on any atom is 0.290 e. The highest BCUT2D eigenvalue weighted by Crippen LogP contribution is 2.37. The molecule has 0 saturated heterocycles. The Morgan fingerprint density at radius 3 is 2.21 bits per heavy atom. The van der Waals surface area contributed by atoms with Crippen LogP contribution in [0.5, 0.6) is 0 Å². The molecule has 0 aromatic heterocycles. The second-order valence-corrected chi connectivity index (χ2v) is 3.81. The van der Waals surface area contributed by atoms with Crippen molar-refractivity contribution >= 4 is 0 Å². The van der Waals surface area contributed by atoms with Crippen molar-refractivity contribution in [3.63, 3.8) is 0 Å². The lowest BCUT2D eigenvalue weighted by atomic mass is 9.91. The Kier molecular flexibility index (Phi) is 2.58.